The lowest BCUT2D eigenvalue weighted by Crippen LogP contribution is -2.46. The Kier molecular flexibility index (Phi) is 9.41. The van der Waals surface area contributed by atoms with Gasteiger partial charge in [-0.3, -0.25) is 4.79 Å². The largest absolute Gasteiger partial charge is 0.479 e. The molecule has 0 rings (SSSR count). The average molecular weight is 394 g/mol. The lowest BCUT2D eigenvalue weighted by Gasteiger charge is -2.29. The molecule has 3 nitrogen and oxygen atoms in total. The van der Waals surface area contributed by atoms with Crippen molar-refractivity contribution in [2.75, 3.05) is 6.61 Å². The van der Waals surface area contributed by atoms with Crippen molar-refractivity contribution in [3.05, 3.63) is 0 Å². The number of hydrogen-bond acceptors (Lipinski definition) is 5. The van der Waals surface area contributed by atoms with Gasteiger partial charge in [0.1, 0.15) is 13.3 Å². The van der Waals surface area contributed by atoms with E-state index in [0.717, 1.165) is 18.7 Å². The Hall–Kier alpha value is 0.0669. The molecule has 0 aromatic rings. The third-order valence-corrected chi connectivity index (χ3v) is 8.57. The summed E-state index contributed by atoms with van der Waals surface area (Å²) in [5.74, 6) is -0.698. The van der Waals surface area contributed by atoms with Crippen molar-refractivity contribution >= 4 is 52.7 Å². The zero-order valence-electron chi connectivity index (χ0n) is 13.2. The maximum atomic E-state index is 13.1. The summed E-state index contributed by atoms with van der Waals surface area (Å²) in [5, 5.41) is 1.98. The van der Waals surface area contributed by atoms with E-state index in [1.807, 2.05) is 5.32 Å². The topological polar surface area (TPSA) is 38.3 Å². The van der Waals surface area contributed by atoms with Gasteiger partial charge < -0.3 is 10.1 Å². The molecule has 0 aliphatic heterocycles. The fourth-order valence-electron chi connectivity index (χ4n) is 1.49. The summed E-state index contributed by atoms with van der Waals surface area (Å²) in [6, 6.07) is -1.88. The van der Waals surface area contributed by atoms with Gasteiger partial charge in [0.15, 0.2) is 0 Å². The molecule has 0 saturated heterocycles. The molecule has 0 heterocycles. The highest BCUT2D eigenvalue weighted by Gasteiger charge is 2.42. The van der Waals surface area contributed by atoms with Gasteiger partial charge in [0, 0.05) is 6.92 Å². The molecule has 0 aliphatic carbocycles. The minimum atomic E-state index is -4.49. The maximum absolute atomic E-state index is 13.1. The first-order valence-corrected chi connectivity index (χ1v) is 13.1. The number of thiocarbonyl (C=S) groups is 1. The van der Waals surface area contributed by atoms with E-state index >= 15 is 0 Å². The van der Waals surface area contributed by atoms with Gasteiger partial charge in [-0.15, -0.1) is 0 Å². The predicted molar refractivity (Wildman–Crippen MR) is 94.8 cm³/mol. The molecule has 0 aromatic carbocycles. The second kappa shape index (κ2) is 9.38. The van der Waals surface area contributed by atoms with Crippen LogP contribution in [0, 0.1) is 0 Å². The first-order valence-electron chi connectivity index (χ1n) is 6.70. The van der Waals surface area contributed by atoms with Crippen LogP contribution in [0.4, 0.5) is 13.2 Å². The molecule has 2 atom stereocenters. The molecular weight excluding hydrogens is 371 g/mol. The first kappa shape index (κ1) is 22.1. The second-order valence-corrected chi connectivity index (χ2v) is 17.0. The monoisotopic (exact) mass is 393 g/mol. The molecule has 0 spiro atoms. The number of hydrogen-bond donors (Lipinski definition) is 1. The molecule has 10 heteroatoms. The molecule has 0 saturated carbocycles. The number of nitrogens with one attached hydrogen (secondary N) is 1. The van der Waals surface area contributed by atoms with Crippen LogP contribution in [-0.2, 0) is 9.53 Å². The zero-order valence-corrected chi connectivity index (χ0v) is 16.7. The van der Waals surface area contributed by atoms with Crippen molar-refractivity contribution < 1.29 is 22.7 Å². The fourth-order valence-corrected chi connectivity index (χ4v) is 10.0. The Morgan fingerprint density at radius 2 is 1.91 bits per heavy atom. The van der Waals surface area contributed by atoms with Crippen molar-refractivity contribution in [2.24, 2.45) is 0 Å². The Labute approximate surface area is 144 Å². The molecule has 0 radical (unpaired) electrons. The van der Waals surface area contributed by atoms with E-state index < -0.39 is 29.9 Å². The van der Waals surface area contributed by atoms with Gasteiger partial charge in [0.25, 0.3) is 0 Å². The Morgan fingerprint density at radius 1 is 1.36 bits per heavy atom. The van der Waals surface area contributed by atoms with Gasteiger partial charge in [-0.1, -0.05) is 31.4 Å². The molecule has 130 valence electrons. The normalized spacial score (nSPS) is 15.1. The third-order valence-electron chi connectivity index (χ3n) is 2.18. The van der Waals surface area contributed by atoms with Gasteiger partial charge >= 0.3 is 6.18 Å². The first-order chi connectivity index (χ1) is 9.85. The van der Waals surface area contributed by atoms with E-state index in [1.165, 1.54) is 11.2 Å². The number of rotatable bonds is 7. The summed E-state index contributed by atoms with van der Waals surface area (Å²) < 4.78 is 44.2. The lowest BCUT2D eigenvalue weighted by molar-refractivity contribution is -0.161. The minimum absolute atomic E-state index is 0.238. The number of thioether (sulfide) groups is 1. The van der Waals surface area contributed by atoms with E-state index in [-0.39, 0.29) is 10.8 Å². The Bertz CT molecular complexity index is 389. The zero-order chi connectivity index (χ0) is 17.6. The minimum Gasteiger partial charge on any atom is -0.479 e. The van der Waals surface area contributed by atoms with E-state index in [4.69, 9.17) is 17.0 Å². The molecule has 1 amide bonds. The van der Waals surface area contributed by atoms with Gasteiger partial charge in [-0.2, -0.15) is 24.4 Å². The highest BCUT2D eigenvalue weighted by molar-refractivity contribution is 8.39. The molecule has 1 N–H and O–H groups in total. The second-order valence-electron chi connectivity index (χ2n) is 5.49. The maximum Gasteiger partial charge on any atom is 0.408 e. The molecule has 0 bridgehead atoms. The summed E-state index contributed by atoms with van der Waals surface area (Å²) in [4.78, 5) is 11.0. The van der Waals surface area contributed by atoms with Gasteiger partial charge in [-0.25, -0.2) is 0 Å². The number of ether oxygens (including phenoxy) is 1. The fraction of sp³-hybridized carbons (Fsp3) is 0.833. The van der Waals surface area contributed by atoms with Crippen molar-refractivity contribution in [2.45, 2.75) is 56.7 Å². The SMILES string of the molecule is CCOC(=S)SC(CC(NC(C)=O)C(F)(F)F)S[Si](C)(C)C. The van der Waals surface area contributed by atoms with E-state index in [2.05, 4.69) is 19.6 Å². The van der Waals surface area contributed by atoms with Crippen molar-refractivity contribution in [3.63, 3.8) is 0 Å². The number of amides is 1. The highest BCUT2D eigenvalue weighted by Crippen LogP contribution is 2.38. The standard InChI is InChI=1S/C12H22F3NO2S3Si/c1-6-18-11(19)20-10(21-22(3,4)5)7-9(12(13,14)15)16-8(2)17/h9-10H,6-7H2,1-5H3,(H,16,17). The summed E-state index contributed by atoms with van der Waals surface area (Å²) in [6.07, 6.45) is -4.73. The molecule has 0 fully saturated rings. The summed E-state index contributed by atoms with van der Waals surface area (Å²) in [5.41, 5.74) is 0. The molecule has 0 aliphatic rings. The summed E-state index contributed by atoms with van der Waals surface area (Å²) >= 11 is 7.66. The van der Waals surface area contributed by atoms with Crippen LogP contribution >= 0.6 is 35.2 Å². The highest BCUT2D eigenvalue weighted by atomic mass is 32.4. The quantitative estimate of drug-likeness (QED) is 0.394. The molecule has 2 unspecified atom stereocenters. The van der Waals surface area contributed by atoms with Gasteiger partial charge in [-0.05, 0) is 25.6 Å². The predicted octanol–water partition coefficient (Wildman–Crippen LogP) is 4.39. The Morgan fingerprint density at radius 3 is 2.27 bits per heavy atom. The average Bonchev–Trinajstić information content (AvgIpc) is 2.23. The van der Waals surface area contributed by atoms with Crippen molar-refractivity contribution in [1.82, 2.24) is 5.32 Å². The van der Waals surface area contributed by atoms with Crippen LogP contribution in [0.3, 0.4) is 0 Å². The van der Waals surface area contributed by atoms with Crippen LogP contribution in [0.5, 0.6) is 0 Å². The van der Waals surface area contributed by atoms with Crippen molar-refractivity contribution in [3.8, 4) is 0 Å². The summed E-state index contributed by atoms with van der Waals surface area (Å²) in [6.45, 7) is 9.38. The number of carbonyl (C=O) groups is 1. The van der Waals surface area contributed by atoms with Crippen molar-refractivity contribution in [1.29, 1.82) is 0 Å². The molecule has 22 heavy (non-hydrogen) atoms. The van der Waals surface area contributed by atoms with Crippen LogP contribution in [0.25, 0.3) is 0 Å². The Balaban J connectivity index is 5.04. The lowest BCUT2D eigenvalue weighted by atomic mass is 10.2. The van der Waals surface area contributed by atoms with E-state index in [9.17, 15) is 18.0 Å². The molecule has 0 aromatic heterocycles. The van der Waals surface area contributed by atoms with Crippen LogP contribution < -0.4 is 5.32 Å². The van der Waals surface area contributed by atoms with Crippen LogP contribution in [0.2, 0.25) is 19.6 Å². The smallest absolute Gasteiger partial charge is 0.408 e. The van der Waals surface area contributed by atoms with Crippen LogP contribution in [0.15, 0.2) is 0 Å². The van der Waals surface area contributed by atoms with Crippen LogP contribution in [-0.4, -0.2) is 40.9 Å². The number of alkyl halides is 3. The van der Waals surface area contributed by atoms with Crippen LogP contribution in [0.1, 0.15) is 20.3 Å². The molecular formula is C12H22F3NO2S3Si. The number of halogens is 3. The van der Waals surface area contributed by atoms with Gasteiger partial charge in [0.05, 0.1) is 11.2 Å². The van der Waals surface area contributed by atoms with E-state index in [0.29, 0.717) is 6.61 Å². The van der Waals surface area contributed by atoms with Gasteiger partial charge in [0.2, 0.25) is 10.3 Å². The van der Waals surface area contributed by atoms with E-state index in [1.54, 1.807) is 6.92 Å². The summed E-state index contributed by atoms with van der Waals surface area (Å²) in [7, 11) is -1.68. The third kappa shape index (κ3) is 10.7. The number of carbonyl (C=O) groups excluding carboxylic acids is 1.